The summed E-state index contributed by atoms with van der Waals surface area (Å²) in [4.78, 5) is 16.5. The lowest BCUT2D eigenvalue weighted by atomic mass is 10.0. The first-order valence-electron chi connectivity index (χ1n) is 11.1. The lowest BCUT2D eigenvalue weighted by molar-refractivity contribution is -0.117. The number of nitrogens with zero attached hydrogens (tertiary/aromatic N) is 3. The van der Waals surface area contributed by atoms with Gasteiger partial charge in [-0.15, -0.1) is 0 Å². The second-order valence-electron chi connectivity index (χ2n) is 9.41. The first kappa shape index (κ1) is 20.9. The summed E-state index contributed by atoms with van der Waals surface area (Å²) in [6.07, 6.45) is 5.59. The van der Waals surface area contributed by atoms with Gasteiger partial charge >= 0.3 is 0 Å². The normalized spacial score (nSPS) is 20.3. The molecule has 1 atom stereocenters. The molecule has 1 aliphatic carbocycles. The van der Waals surface area contributed by atoms with Crippen LogP contribution in [0.25, 0.3) is 16.6 Å². The first-order chi connectivity index (χ1) is 15.4. The molecule has 4 heterocycles. The largest absolute Gasteiger partial charge is 0.489 e. The van der Waals surface area contributed by atoms with E-state index in [9.17, 15) is 4.79 Å². The van der Waals surface area contributed by atoms with Crippen LogP contribution in [0.15, 0.2) is 36.7 Å². The van der Waals surface area contributed by atoms with E-state index in [1.54, 1.807) is 10.7 Å². The van der Waals surface area contributed by atoms with Crippen LogP contribution in [0.2, 0.25) is 0 Å². The van der Waals surface area contributed by atoms with E-state index in [0.29, 0.717) is 19.0 Å². The molecule has 168 valence electrons. The van der Waals surface area contributed by atoms with Gasteiger partial charge in [0.15, 0.2) is 5.82 Å². The Morgan fingerprint density at radius 3 is 2.94 bits per heavy atom. The van der Waals surface area contributed by atoms with Crippen molar-refractivity contribution in [3.63, 3.8) is 0 Å². The maximum absolute atomic E-state index is 12.1. The molecule has 0 spiro atoms. The van der Waals surface area contributed by atoms with Crippen LogP contribution in [0, 0.1) is 12.8 Å². The average Bonchev–Trinajstić information content (AvgIpc) is 3.54. The van der Waals surface area contributed by atoms with Gasteiger partial charge in [-0.1, -0.05) is 0 Å². The molecule has 32 heavy (non-hydrogen) atoms. The van der Waals surface area contributed by atoms with Gasteiger partial charge in [0.05, 0.1) is 18.3 Å². The Morgan fingerprint density at radius 1 is 1.34 bits per heavy atom. The Hall–Kier alpha value is -2.97. The SMILES string of the molecule is Cc1cc(-c2ccn3nc(NC(=O)C4CC4)cc3c2)c(OC[C@@H]2CNC(C)(C)CO2)cn1. The van der Waals surface area contributed by atoms with Crippen molar-refractivity contribution in [2.24, 2.45) is 5.92 Å². The van der Waals surface area contributed by atoms with Crippen molar-refractivity contribution in [2.45, 2.75) is 45.3 Å². The van der Waals surface area contributed by atoms with Gasteiger partial charge in [-0.25, -0.2) is 4.52 Å². The Bertz CT molecular complexity index is 1140. The molecule has 2 aliphatic rings. The molecule has 1 amide bonds. The molecule has 0 bridgehead atoms. The number of nitrogens with one attached hydrogen (secondary N) is 2. The molecule has 8 heteroatoms. The summed E-state index contributed by atoms with van der Waals surface area (Å²) in [5.41, 5.74) is 3.77. The van der Waals surface area contributed by atoms with E-state index in [1.165, 1.54) is 0 Å². The molecule has 8 nitrogen and oxygen atoms in total. The topological polar surface area (TPSA) is 89.8 Å². The van der Waals surface area contributed by atoms with Gasteiger partial charge in [-0.05, 0) is 57.4 Å². The van der Waals surface area contributed by atoms with Crippen molar-refractivity contribution >= 4 is 17.2 Å². The standard InChI is InChI=1S/C24H29N5O3/c1-15-8-20(21(12-25-15)31-13-19-11-26-24(2,3)14-32-19)17-6-7-29-18(9-17)10-22(28-29)27-23(30)16-4-5-16/h6-10,12,16,19,26H,4-5,11,13-14H2,1-3H3,(H,27,28,30)/t19-/m0/s1. The average molecular weight is 436 g/mol. The van der Waals surface area contributed by atoms with Gasteiger partial charge < -0.3 is 20.1 Å². The van der Waals surface area contributed by atoms with Crippen LogP contribution >= 0.6 is 0 Å². The summed E-state index contributed by atoms with van der Waals surface area (Å²) in [7, 11) is 0. The number of hydrogen-bond donors (Lipinski definition) is 2. The Kier molecular flexibility index (Phi) is 5.35. The van der Waals surface area contributed by atoms with Gasteiger partial charge in [0.25, 0.3) is 0 Å². The zero-order chi connectivity index (χ0) is 22.3. The number of carbonyl (C=O) groups is 1. The summed E-state index contributed by atoms with van der Waals surface area (Å²) in [5, 5.41) is 10.9. The van der Waals surface area contributed by atoms with Gasteiger partial charge in [0, 0.05) is 41.5 Å². The molecular weight excluding hydrogens is 406 g/mol. The van der Waals surface area contributed by atoms with E-state index >= 15 is 0 Å². The molecular formula is C24H29N5O3. The lowest BCUT2D eigenvalue weighted by Gasteiger charge is -2.35. The number of aryl methyl sites for hydroxylation is 1. The number of morpholine rings is 1. The number of rotatable bonds is 6. The second kappa shape index (κ2) is 8.18. The zero-order valence-electron chi connectivity index (χ0n) is 18.7. The Morgan fingerprint density at radius 2 is 2.19 bits per heavy atom. The lowest BCUT2D eigenvalue weighted by Crippen LogP contribution is -2.54. The van der Waals surface area contributed by atoms with Crippen LogP contribution in [-0.4, -0.2) is 51.9 Å². The third-order valence-electron chi connectivity index (χ3n) is 5.89. The minimum absolute atomic E-state index is 0.00729. The van der Waals surface area contributed by atoms with E-state index in [2.05, 4.69) is 34.6 Å². The minimum Gasteiger partial charge on any atom is -0.489 e. The highest BCUT2D eigenvalue weighted by Gasteiger charge is 2.30. The summed E-state index contributed by atoms with van der Waals surface area (Å²) in [6.45, 7) is 8.07. The van der Waals surface area contributed by atoms with Gasteiger partial charge in [0.1, 0.15) is 18.5 Å². The number of aromatic nitrogens is 3. The molecule has 0 unspecified atom stereocenters. The summed E-state index contributed by atoms with van der Waals surface area (Å²) >= 11 is 0. The number of ether oxygens (including phenoxy) is 2. The highest BCUT2D eigenvalue weighted by atomic mass is 16.5. The van der Waals surface area contributed by atoms with E-state index in [1.807, 2.05) is 37.4 Å². The van der Waals surface area contributed by atoms with E-state index < -0.39 is 0 Å². The quantitative estimate of drug-likeness (QED) is 0.618. The minimum atomic E-state index is -0.00922. The molecule has 0 radical (unpaired) electrons. The third kappa shape index (κ3) is 4.61. The van der Waals surface area contributed by atoms with Crippen molar-refractivity contribution < 1.29 is 14.3 Å². The molecule has 1 saturated carbocycles. The molecule has 3 aromatic rings. The monoisotopic (exact) mass is 435 g/mol. The van der Waals surface area contributed by atoms with Crippen molar-refractivity contribution in [3.05, 3.63) is 42.4 Å². The fraction of sp³-hybridized carbons (Fsp3) is 0.458. The van der Waals surface area contributed by atoms with Crippen molar-refractivity contribution in [1.82, 2.24) is 19.9 Å². The van der Waals surface area contributed by atoms with E-state index in [0.717, 1.165) is 47.5 Å². The highest BCUT2D eigenvalue weighted by Crippen LogP contribution is 2.32. The van der Waals surface area contributed by atoms with Gasteiger partial charge in [-0.2, -0.15) is 5.10 Å². The fourth-order valence-corrected chi connectivity index (χ4v) is 3.80. The molecule has 2 fully saturated rings. The maximum atomic E-state index is 12.1. The first-order valence-corrected chi connectivity index (χ1v) is 11.1. The van der Waals surface area contributed by atoms with Gasteiger partial charge in [0.2, 0.25) is 5.91 Å². The molecule has 5 rings (SSSR count). The van der Waals surface area contributed by atoms with Crippen LogP contribution in [0.5, 0.6) is 5.75 Å². The predicted molar refractivity (Wildman–Crippen MR) is 122 cm³/mol. The Labute approximate surface area is 187 Å². The Balaban J connectivity index is 1.35. The van der Waals surface area contributed by atoms with Crippen molar-refractivity contribution in [3.8, 4) is 16.9 Å². The summed E-state index contributed by atoms with van der Waals surface area (Å²) in [6, 6.07) is 7.95. The van der Waals surface area contributed by atoms with Crippen LogP contribution in [0.3, 0.4) is 0 Å². The highest BCUT2D eigenvalue weighted by molar-refractivity contribution is 5.93. The summed E-state index contributed by atoms with van der Waals surface area (Å²) < 4.78 is 13.9. The van der Waals surface area contributed by atoms with E-state index in [4.69, 9.17) is 9.47 Å². The van der Waals surface area contributed by atoms with Crippen LogP contribution in [0.4, 0.5) is 5.82 Å². The number of carbonyl (C=O) groups excluding carboxylic acids is 1. The van der Waals surface area contributed by atoms with Crippen LogP contribution in [0.1, 0.15) is 32.4 Å². The van der Waals surface area contributed by atoms with Crippen molar-refractivity contribution in [2.75, 3.05) is 25.1 Å². The predicted octanol–water partition coefficient (Wildman–Crippen LogP) is 3.20. The molecule has 1 saturated heterocycles. The zero-order valence-corrected chi connectivity index (χ0v) is 18.7. The number of amides is 1. The molecule has 0 aromatic carbocycles. The van der Waals surface area contributed by atoms with Crippen LogP contribution < -0.4 is 15.4 Å². The van der Waals surface area contributed by atoms with E-state index in [-0.39, 0.29) is 23.5 Å². The summed E-state index contributed by atoms with van der Waals surface area (Å²) in [5.74, 6) is 1.49. The third-order valence-corrected chi connectivity index (χ3v) is 5.89. The second-order valence-corrected chi connectivity index (χ2v) is 9.41. The number of hydrogen-bond acceptors (Lipinski definition) is 6. The number of anilines is 1. The smallest absolute Gasteiger partial charge is 0.228 e. The number of fused-ring (bicyclic) bond motifs is 1. The van der Waals surface area contributed by atoms with Crippen molar-refractivity contribution in [1.29, 1.82) is 0 Å². The van der Waals surface area contributed by atoms with Crippen LogP contribution in [-0.2, 0) is 9.53 Å². The van der Waals surface area contributed by atoms with Gasteiger partial charge in [-0.3, -0.25) is 9.78 Å². The molecule has 1 aliphatic heterocycles. The number of pyridine rings is 2. The molecule has 2 N–H and O–H groups in total. The molecule has 3 aromatic heterocycles. The fourth-order valence-electron chi connectivity index (χ4n) is 3.80. The maximum Gasteiger partial charge on any atom is 0.228 e.